The van der Waals surface area contributed by atoms with E-state index in [0.29, 0.717) is 0 Å². The molecule has 0 aromatic carbocycles. The maximum atomic E-state index is 10.7. The van der Waals surface area contributed by atoms with Crippen LogP contribution in [0.1, 0.15) is 6.23 Å². The average Bonchev–Trinajstić information content (AvgIpc) is 3.00. The smallest absolute Gasteiger partial charge is 0.469 e. The number of phosphoric acid groups is 1. The molecule has 5 N–H and O–H groups in total. The molecule has 1 aliphatic rings. The molecule has 14 heteroatoms. The third kappa shape index (κ3) is 3.25. The second-order valence-electron chi connectivity index (χ2n) is 5.00. The molecule has 1 aliphatic heterocycles. The highest BCUT2D eigenvalue weighted by molar-refractivity contribution is 7.80. The van der Waals surface area contributed by atoms with E-state index in [9.17, 15) is 19.9 Å². The van der Waals surface area contributed by atoms with Crippen LogP contribution in [0.15, 0.2) is 11.4 Å². The van der Waals surface area contributed by atoms with Crippen LogP contribution >= 0.6 is 20.5 Å². The minimum Gasteiger partial charge on any atom is -0.479 e. The van der Waals surface area contributed by atoms with Gasteiger partial charge < -0.3 is 29.8 Å². The van der Waals surface area contributed by atoms with Crippen LogP contribution in [0.3, 0.4) is 0 Å². The number of fused-ring (bicyclic) bond motifs is 1. The minimum atomic E-state index is -4.75. The highest BCUT2D eigenvalue weighted by atomic mass is 32.1. The van der Waals surface area contributed by atoms with Crippen LogP contribution in [0.25, 0.3) is 11.2 Å². The first-order valence-electron chi connectivity index (χ1n) is 6.51. The third-order valence-corrected chi connectivity index (χ3v) is 4.21. The summed E-state index contributed by atoms with van der Waals surface area (Å²) >= 11 is 4.05. The lowest BCUT2D eigenvalue weighted by Crippen LogP contribution is -2.33. The van der Waals surface area contributed by atoms with Gasteiger partial charge >= 0.3 is 13.8 Å². The lowest BCUT2D eigenvalue weighted by molar-refractivity contribution is -0.0504. The maximum Gasteiger partial charge on any atom is 0.469 e. The summed E-state index contributed by atoms with van der Waals surface area (Å²) in [5.41, 5.74) is 0.330. The molecule has 4 atom stereocenters. The number of aromatic nitrogens is 4. The molecule has 1 fully saturated rings. The van der Waals surface area contributed by atoms with E-state index in [1.165, 1.54) is 10.9 Å². The first-order valence-corrected chi connectivity index (χ1v) is 8.49. The predicted molar refractivity (Wildman–Crippen MR) is 78.2 cm³/mol. The molecule has 0 spiro atoms. The van der Waals surface area contributed by atoms with Gasteiger partial charge in [-0.2, -0.15) is 9.97 Å². The molecule has 0 saturated carbocycles. The topological polar surface area (TPSA) is 180 Å². The average molecular weight is 380 g/mol. The van der Waals surface area contributed by atoms with Crippen molar-refractivity contribution in [1.29, 1.82) is 0 Å². The molecular weight excluding hydrogens is 367 g/mol. The Morgan fingerprint density at radius 1 is 1.33 bits per heavy atom. The number of aromatic hydroxyl groups is 1. The molecule has 24 heavy (non-hydrogen) atoms. The number of nitrogens with zero attached hydrogens (tertiary/aromatic N) is 4. The van der Waals surface area contributed by atoms with Crippen LogP contribution in [0.5, 0.6) is 6.01 Å². The summed E-state index contributed by atoms with van der Waals surface area (Å²) in [5.74, 6) is 0. The van der Waals surface area contributed by atoms with Gasteiger partial charge in [-0.15, -0.1) is 12.6 Å². The molecule has 2 aromatic heterocycles. The van der Waals surface area contributed by atoms with Crippen molar-refractivity contribution in [3.05, 3.63) is 6.33 Å². The molecule has 0 amide bonds. The highest BCUT2D eigenvalue weighted by Gasteiger charge is 2.45. The van der Waals surface area contributed by atoms with E-state index in [1.807, 2.05) is 0 Å². The fraction of sp³-hybridized carbons (Fsp3) is 0.500. The molecule has 3 rings (SSSR count). The number of ether oxygens (including phenoxy) is 1. The molecule has 0 radical (unpaired) electrons. The molecule has 2 aromatic rings. The zero-order chi connectivity index (χ0) is 17.6. The SMILES string of the molecule is O=P(O)(O)OC[C@H]1O[C@@H](n2cnc3c(S)nc(O)nc32)[C@H](O)[C@@H]1O. The quantitative estimate of drug-likeness (QED) is 0.207. The second-order valence-corrected chi connectivity index (χ2v) is 6.67. The normalized spacial score (nSPS) is 27.9. The molecule has 12 nitrogen and oxygen atoms in total. The van der Waals surface area contributed by atoms with Gasteiger partial charge in [0.05, 0.1) is 12.9 Å². The number of phosphoric ester groups is 1. The number of hydrogen-bond donors (Lipinski definition) is 6. The minimum absolute atomic E-state index is 0.0975. The number of imidazole rings is 1. The van der Waals surface area contributed by atoms with Crippen molar-refractivity contribution in [3.63, 3.8) is 0 Å². The van der Waals surface area contributed by atoms with E-state index in [0.717, 1.165) is 0 Å². The summed E-state index contributed by atoms with van der Waals surface area (Å²) in [6, 6.07) is -0.566. The number of rotatable bonds is 4. The van der Waals surface area contributed by atoms with E-state index in [-0.39, 0.29) is 16.2 Å². The number of thiol groups is 1. The lowest BCUT2D eigenvalue weighted by Gasteiger charge is -2.16. The Balaban J connectivity index is 1.89. The van der Waals surface area contributed by atoms with E-state index in [1.54, 1.807) is 0 Å². The van der Waals surface area contributed by atoms with Crippen molar-refractivity contribution in [1.82, 2.24) is 19.5 Å². The largest absolute Gasteiger partial charge is 0.479 e. The number of aliphatic hydroxyl groups is 2. The van der Waals surface area contributed by atoms with Gasteiger partial charge in [-0.25, -0.2) is 9.55 Å². The maximum absolute atomic E-state index is 10.7. The van der Waals surface area contributed by atoms with Crippen LogP contribution in [0.2, 0.25) is 0 Å². The van der Waals surface area contributed by atoms with Crippen LogP contribution in [0.4, 0.5) is 0 Å². The van der Waals surface area contributed by atoms with Crippen LogP contribution < -0.4 is 0 Å². The highest BCUT2D eigenvalue weighted by Crippen LogP contribution is 2.39. The lowest BCUT2D eigenvalue weighted by atomic mass is 10.1. The van der Waals surface area contributed by atoms with Crippen LogP contribution in [-0.2, 0) is 13.8 Å². The van der Waals surface area contributed by atoms with Gasteiger partial charge in [-0.1, -0.05) is 0 Å². The number of hydrogen-bond acceptors (Lipinski definition) is 10. The summed E-state index contributed by atoms with van der Waals surface area (Å²) in [7, 11) is -4.75. The zero-order valence-corrected chi connectivity index (χ0v) is 13.5. The van der Waals surface area contributed by atoms with Gasteiger partial charge in [0.25, 0.3) is 0 Å². The van der Waals surface area contributed by atoms with Crippen LogP contribution in [-0.4, -0.2) is 69.5 Å². The summed E-state index contributed by atoms with van der Waals surface area (Å²) in [5, 5.41) is 29.7. The van der Waals surface area contributed by atoms with Gasteiger partial charge in [0.1, 0.15) is 28.9 Å². The van der Waals surface area contributed by atoms with E-state index >= 15 is 0 Å². The first-order chi connectivity index (χ1) is 11.2. The molecule has 0 aliphatic carbocycles. The molecule has 132 valence electrons. The zero-order valence-electron chi connectivity index (χ0n) is 11.7. The summed E-state index contributed by atoms with van der Waals surface area (Å²) in [6.07, 6.45) is -4.04. The van der Waals surface area contributed by atoms with E-state index in [2.05, 4.69) is 32.1 Å². The first kappa shape index (κ1) is 17.5. The van der Waals surface area contributed by atoms with Crippen molar-refractivity contribution >= 4 is 31.6 Å². The van der Waals surface area contributed by atoms with Crippen molar-refractivity contribution in [3.8, 4) is 6.01 Å². The van der Waals surface area contributed by atoms with Gasteiger partial charge in [-0.3, -0.25) is 9.09 Å². The summed E-state index contributed by atoms with van der Waals surface area (Å²) < 4.78 is 21.7. The Labute approximate surface area is 139 Å². The van der Waals surface area contributed by atoms with Gasteiger partial charge in [0.15, 0.2) is 11.9 Å². The Kier molecular flexibility index (Phi) is 4.53. The monoisotopic (exact) mass is 380 g/mol. The fourth-order valence-electron chi connectivity index (χ4n) is 2.34. The molecule has 1 saturated heterocycles. The fourth-order valence-corrected chi connectivity index (χ4v) is 2.93. The van der Waals surface area contributed by atoms with E-state index < -0.39 is 45.0 Å². The predicted octanol–water partition coefficient (Wildman–Crippen LogP) is -1.45. The van der Waals surface area contributed by atoms with Crippen molar-refractivity contribution in [2.45, 2.75) is 29.6 Å². The Hall–Kier alpha value is -1.31. The Morgan fingerprint density at radius 2 is 2.04 bits per heavy atom. The van der Waals surface area contributed by atoms with Gasteiger partial charge in [0.2, 0.25) is 0 Å². The standard InChI is InChI=1S/C10H13N4O8PS/c15-5-3(1-21-23(18,19)20)22-9(6(5)16)14-2-11-4-7(14)12-10(17)13-8(4)24/h2-3,5-6,9,15-16H,1H2,(H2,18,19,20)(H2,12,13,17,24)/t3-,5-,6-,9-/m1/s1. The molecule has 0 unspecified atom stereocenters. The molecular formula is C10H13N4O8PS. The van der Waals surface area contributed by atoms with E-state index in [4.69, 9.17) is 14.5 Å². The van der Waals surface area contributed by atoms with Gasteiger partial charge in [0, 0.05) is 0 Å². The van der Waals surface area contributed by atoms with Gasteiger partial charge in [-0.05, 0) is 0 Å². The second kappa shape index (κ2) is 6.20. The molecule has 0 bridgehead atoms. The van der Waals surface area contributed by atoms with Crippen molar-refractivity contribution in [2.24, 2.45) is 0 Å². The number of aliphatic hydroxyl groups excluding tert-OH is 2. The summed E-state index contributed by atoms with van der Waals surface area (Å²) in [6.45, 7) is -0.635. The summed E-state index contributed by atoms with van der Waals surface area (Å²) in [4.78, 5) is 28.8. The Bertz CT molecular complexity index is 811. The van der Waals surface area contributed by atoms with Crippen molar-refractivity contribution < 1.29 is 38.9 Å². The van der Waals surface area contributed by atoms with Crippen LogP contribution in [0, 0.1) is 0 Å². The molecule has 3 heterocycles. The van der Waals surface area contributed by atoms with Crippen molar-refractivity contribution in [2.75, 3.05) is 6.61 Å². The Morgan fingerprint density at radius 3 is 2.71 bits per heavy atom. The third-order valence-electron chi connectivity index (χ3n) is 3.41.